The summed E-state index contributed by atoms with van der Waals surface area (Å²) in [6.45, 7) is 5.99. The fraction of sp³-hybridized carbons (Fsp3) is 0.636. The van der Waals surface area contributed by atoms with Gasteiger partial charge >= 0.3 is 0 Å². The van der Waals surface area contributed by atoms with Crippen LogP contribution in [0.15, 0.2) is 12.3 Å². The number of anilines is 1. The summed E-state index contributed by atoms with van der Waals surface area (Å²) in [6, 6.07) is 1.87. The predicted molar refractivity (Wildman–Crippen MR) is 60.6 cm³/mol. The van der Waals surface area contributed by atoms with Gasteiger partial charge in [0.2, 0.25) is 5.95 Å². The lowest BCUT2D eigenvalue weighted by Gasteiger charge is -2.31. The van der Waals surface area contributed by atoms with Gasteiger partial charge in [-0.15, -0.1) is 0 Å². The van der Waals surface area contributed by atoms with Crippen molar-refractivity contribution in [3.05, 3.63) is 18.0 Å². The normalized spacial score (nSPS) is 19.5. The highest BCUT2D eigenvalue weighted by molar-refractivity contribution is 5.36. The molecular weight excluding hydrogens is 188 g/mol. The summed E-state index contributed by atoms with van der Waals surface area (Å²) in [5.74, 6) is 0.820. The second-order valence-corrected chi connectivity index (χ2v) is 4.62. The van der Waals surface area contributed by atoms with E-state index in [0.717, 1.165) is 18.2 Å². The molecule has 0 saturated carbocycles. The van der Waals surface area contributed by atoms with Crippen LogP contribution in [0.1, 0.15) is 32.4 Å². The van der Waals surface area contributed by atoms with Gasteiger partial charge in [0, 0.05) is 24.8 Å². The number of rotatable bonds is 2. The van der Waals surface area contributed by atoms with Crippen molar-refractivity contribution in [1.29, 1.82) is 0 Å². The maximum Gasteiger partial charge on any atom is 0.226 e. The Labute approximate surface area is 90.5 Å². The molecule has 0 bridgehead atoms. The molecule has 82 valence electrons. The molecule has 1 aliphatic rings. The number of nitrogens with two attached hydrogens (primary N) is 1. The number of hydrogen-bond acceptors (Lipinski definition) is 4. The van der Waals surface area contributed by atoms with Gasteiger partial charge in [-0.2, -0.15) is 0 Å². The van der Waals surface area contributed by atoms with Crippen LogP contribution in [-0.2, 0) is 6.54 Å². The monoisotopic (exact) mass is 206 g/mol. The molecule has 0 amide bonds. The fourth-order valence-corrected chi connectivity index (χ4v) is 2.11. The summed E-state index contributed by atoms with van der Waals surface area (Å²) in [4.78, 5) is 11.1. The van der Waals surface area contributed by atoms with Crippen LogP contribution in [0.4, 0.5) is 5.95 Å². The standard InChI is InChI=1S/C11H18N4/c1-11(2)5-3-7-15(11)10-13-6-4-9(8-12)14-10/h4,6H,3,5,7-8,12H2,1-2H3. The van der Waals surface area contributed by atoms with Crippen molar-refractivity contribution in [1.82, 2.24) is 9.97 Å². The van der Waals surface area contributed by atoms with Gasteiger partial charge in [0.25, 0.3) is 0 Å². The second kappa shape index (κ2) is 3.77. The Balaban J connectivity index is 2.29. The van der Waals surface area contributed by atoms with Gasteiger partial charge < -0.3 is 10.6 Å². The first-order valence-corrected chi connectivity index (χ1v) is 5.43. The zero-order valence-electron chi connectivity index (χ0n) is 9.40. The van der Waals surface area contributed by atoms with Crippen LogP contribution in [0.5, 0.6) is 0 Å². The van der Waals surface area contributed by atoms with Gasteiger partial charge in [-0.3, -0.25) is 0 Å². The summed E-state index contributed by atoms with van der Waals surface area (Å²) < 4.78 is 0. The van der Waals surface area contributed by atoms with Gasteiger partial charge in [0.15, 0.2) is 0 Å². The van der Waals surface area contributed by atoms with Crippen LogP contribution in [0.3, 0.4) is 0 Å². The van der Waals surface area contributed by atoms with E-state index < -0.39 is 0 Å². The minimum absolute atomic E-state index is 0.174. The molecule has 0 aromatic carbocycles. The van der Waals surface area contributed by atoms with Gasteiger partial charge in [-0.05, 0) is 32.8 Å². The molecule has 1 aromatic rings. The van der Waals surface area contributed by atoms with E-state index in [9.17, 15) is 0 Å². The Morgan fingerprint density at radius 3 is 2.93 bits per heavy atom. The summed E-state index contributed by atoms with van der Waals surface area (Å²) in [6.07, 6.45) is 4.20. The second-order valence-electron chi connectivity index (χ2n) is 4.62. The maximum atomic E-state index is 5.58. The molecule has 0 radical (unpaired) electrons. The average Bonchev–Trinajstić information content (AvgIpc) is 2.58. The van der Waals surface area contributed by atoms with E-state index in [1.165, 1.54) is 12.8 Å². The van der Waals surface area contributed by atoms with Gasteiger partial charge in [0.05, 0.1) is 5.69 Å². The first-order chi connectivity index (χ1) is 7.13. The number of aromatic nitrogens is 2. The Kier molecular flexibility index (Phi) is 2.61. The molecule has 0 aliphatic carbocycles. The number of hydrogen-bond donors (Lipinski definition) is 1. The van der Waals surface area contributed by atoms with Crippen LogP contribution in [-0.4, -0.2) is 22.1 Å². The maximum absolute atomic E-state index is 5.58. The molecule has 2 heterocycles. The molecule has 2 rings (SSSR count). The highest BCUT2D eigenvalue weighted by Gasteiger charge is 2.33. The van der Waals surface area contributed by atoms with Crippen LogP contribution in [0.2, 0.25) is 0 Å². The molecule has 4 heteroatoms. The van der Waals surface area contributed by atoms with E-state index in [2.05, 4.69) is 28.7 Å². The third-order valence-electron chi connectivity index (χ3n) is 3.05. The predicted octanol–water partition coefficient (Wildman–Crippen LogP) is 1.31. The van der Waals surface area contributed by atoms with Crippen LogP contribution >= 0.6 is 0 Å². The molecule has 1 aromatic heterocycles. The molecule has 0 spiro atoms. The third-order valence-corrected chi connectivity index (χ3v) is 3.05. The van der Waals surface area contributed by atoms with Gasteiger partial charge in [-0.1, -0.05) is 0 Å². The Bertz CT molecular complexity index is 348. The first kappa shape index (κ1) is 10.4. The van der Waals surface area contributed by atoms with Crippen molar-refractivity contribution in [3.63, 3.8) is 0 Å². The Morgan fingerprint density at radius 2 is 2.33 bits per heavy atom. The summed E-state index contributed by atoms with van der Waals surface area (Å²) in [5.41, 5.74) is 6.66. The molecule has 2 N–H and O–H groups in total. The zero-order chi connectivity index (χ0) is 10.9. The SMILES string of the molecule is CC1(C)CCCN1c1nccc(CN)n1. The van der Waals surface area contributed by atoms with E-state index >= 15 is 0 Å². The molecule has 0 unspecified atom stereocenters. The largest absolute Gasteiger partial charge is 0.336 e. The molecule has 1 saturated heterocycles. The summed E-state index contributed by atoms with van der Waals surface area (Å²) in [7, 11) is 0. The molecule has 1 fully saturated rings. The van der Waals surface area contributed by atoms with Crippen LogP contribution in [0.25, 0.3) is 0 Å². The van der Waals surface area contributed by atoms with Crippen molar-refractivity contribution in [3.8, 4) is 0 Å². The van der Waals surface area contributed by atoms with Crippen molar-refractivity contribution in [2.24, 2.45) is 5.73 Å². The molecule has 15 heavy (non-hydrogen) atoms. The minimum Gasteiger partial charge on any atom is -0.336 e. The molecule has 4 nitrogen and oxygen atoms in total. The summed E-state index contributed by atoms with van der Waals surface area (Å²) in [5, 5.41) is 0. The first-order valence-electron chi connectivity index (χ1n) is 5.43. The Hall–Kier alpha value is -1.16. The van der Waals surface area contributed by atoms with Crippen molar-refractivity contribution in [2.45, 2.75) is 38.8 Å². The fourth-order valence-electron chi connectivity index (χ4n) is 2.11. The lowest BCUT2D eigenvalue weighted by molar-refractivity contribution is 0.509. The van der Waals surface area contributed by atoms with Crippen molar-refractivity contribution >= 4 is 5.95 Å². The number of nitrogens with zero attached hydrogens (tertiary/aromatic N) is 3. The van der Waals surface area contributed by atoms with E-state index in [1.807, 2.05) is 6.07 Å². The third kappa shape index (κ3) is 1.95. The lowest BCUT2D eigenvalue weighted by Crippen LogP contribution is -2.39. The smallest absolute Gasteiger partial charge is 0.226 e. The average molecular weight is 206 g/mol. The molecule has 1 aliphatic heterocycles. The highest BCUT2D eigenvalue weighted by atomic mass is 15.3. The van der Waals surface area contributed by atoms with E-state index in [-0.39, 0.29) is 5.54 Å². The highest BCUT2D eigenvalue weighted by Crippen LogP contribution is 2.31. The van der Waals surface area contributed by atoms with Crippen LogP contribution in [0, 0.1) is 0 Å². The van der Waals surface area contributed by atoms with E-state index in [4.69, 9.17) is 5.73 Å². The van der Waals surface area contributed by atoms with Crippen molar-refractivity contribution in [2.75, 3.05) is 11.4 Å². The van der Waals surface area contributed by atoms with Crippen molar-refractivity contribution < 1.29 is 0 Å². The minimum atomic E-state index is 0.174. The molecule has 0 atom stereocenters. The van der Waals surface area contributed by atoms with Crippen LogP contribution < -0.4 is 10.6 Å². The summed E-state index contributed by atoms with van der Waals surface area (Å²) >= 11 is 0. The zero-order valence-corrected chi connectivity index (χ0v) is 9.40. The Morgan fingerprint density at radius 1 is 1.53 bits per heavy atom. The van der Waals surface area contributed by atoms with Gasteiger partial charge in [-0.25, -0.2) is 9.97 Å². The quantitative estimate of drug-likeness (QED) is 0.792. The molecular formula is C11H18N4. The van der Waals surface area contributed by atoms with Gasteiger partial charge in [0.1, 0.15) is 0 Å². The topological polar surface area (TPSA) is 55.0 Å². The van der Waals surface area contributed by atoms with E-state index in [0.29, 0.717) is 6.54 Å². The lowest BCUT2D eigenvalue weighted by atomic mass is 10.0. The van der Waals surface area contributed by atoms with E-state index in [1.54, 1.807) is 6.20 Å².